The van der Waals surface area contributed by atoms with Gasteiger partial charge >= 0.3 is 0 Å². The summed E-state index contributed by atoms with van der Waals surface area (Å²) in [4.78, 5) is 12.2. The van der Waals surface area contributed by atoms with Crippen molar-refractivity contribution in [2.75, 3.05) is 20.8 Å². The minimum atomic E-state index is -0.535. The van der Waals surface area contributed by atoms with Gasteiger partial charge in [0.05, 0.1) is 14.2 Å². The lowest BCUT2D eigenvalue weighted by Crippen LogP contribution is -2.37. The molecule has 0 unspecified atom stereocenters. The van der Waals surface area contributed by atoms with Crippen LogP contribution in [0.15, 0.2) is 36.4 Å². The van der Waals surface area contributed by atoms with Crippen molar-refractivity contribution < 1.29 is 19.0 Å². The van der Waals surface area contributed by atoms with Gasteiger partial charge in [0.15, 0.2) is 17.6 Å². The molecule has 1 N–H and O–H groups in total. The quantitative estimate of drug-likeness (QED) is 0.681. The molecule has 2 rings (SSSR count). The normalized spacial score (nSPS) is 11.6. The van der Waals surface area contributed by atoms with Gasteiger partial charge in [-0.25, -0.2) is 0 Å². The third-order valence-electron chi connectivity index (χ3n) is 4.39. The van der Waals surface area contributed by atoms with E-state index in [0.717, 1.165) is 35.5 Å². The molecule has 0 bridgehead atoms. The standard InChI is InChI=1S/C22H29NO4/c1-15-8-10-19(16(2)13-15)27-17(3)22(24)23-12-6-7-18-9-11-20(25-4)21(14-18)26-5/h8-11,13-14,17H,6-7,12H2,1-5H3,(H,23,24)/t17-/m1/s1. The first-order chi connectivity index (χ1) is 12.9. The maximum Gasteiger partial charge on any atom is 0.260 e. The smallest absolute Gasteiger partial charge is 0.260 e. The lowest BCUT2D eigenvalue weighted by Gasteiger charge is -2.16. The summed E-state index contributed by atoms with van der Waals surface area (Å²) in [6.45, 7) is 6.37. The van der Waals surface area contributed by atoms with Crippen LogP contribution in [0.4, 0.5) is 0 Å². The lowest BCUT2D eigenvalue weighted by molar-refractivity contribution is -0.127. The summed E-state index contributed by atoms with van der Waals surface area (Å²) < 4.78 is 16.3. The highest BCUT2D eigenvalue weighted by atomic mass is 16.5. The summed E-state index contributed by atoms with van der Waals surface area (Å²) in [7, 11) is 3.24. The molecule has 2 aromatic carbocycles. The zero-order valence-electron chi connectivity index (χ0n) is 16.8. The predicted octanol–water partition coefficient (Wildman–Crippen LogP) is 3.84. The zero-order valence-corrected chi connectivity index (χ0v) is 16.8. The Morgan fingerprint density at radius 3 is 2.37 bits per heavy atom. The molecule has 2 aromatic rings. The second-order valence-corrected chi connectivity index (χ2v) is 6.61. The molecule has 27 heavy (non-hydrogen) atoms. The molecule has 0 fully saturated rings. The first-order valence-electron chi connectivity index (χ1n) is 9.17. The Kier molecular flexibility index (Phi) is 7.53. The van der Waals surface area contributed by atoms with Gasteiger partial charge in [0.2, 0.25) is 0 Å². The average Bonchev–Trinajstić information content (AvgIpc) is 2.66. The molecule has 0 heterocycles. The van der Waals surface area contributed by atoms with Crippen LogP contribution in [0.1, 0.15) is 30.0 Å². The number of carbonyl (C=O) groups excluding carboxylic acids is 1. The highest BCUT2D eigenvalue weighted by Gasteiger charge is 2.15. The van der Waals surface area contributed by atoms with Crippen molar-refractivity contribution in [3.8, 4) is 17.2 Å². The van der Waals surface area contributed by atoms with Crippen LogP contribution in [0, 0.1) is 13.8 Å². The molecule has 5 heteroatoms. The van der Waals surface area contributed by atoms with Crippen LogP contribution in [-0.4, -0.2) is 32.8 Å². The molecule has 1 atom stereocenters. The molecule has 0 saturated carbocycles. The SMILES string of the molecule is COc1ccc(CCCNC(=O)[C@@H](C)Oc2ccc(C)cc2C)cc1OC. The molecule has 1 amide bonds. The second kappa shape index (κ2) is 9.86. The molecule has 0 aliphatic carbocycles. The van der Waals surface area contributed by atoms with Gasteiger partial charge in [-0.1, -0.05) is 23.8 Å². The molecule has 146 valence electrons. The number of rotatable bonds is 9. The van der Waals surface area contributed by atoms with Crippen molar-refractivity contribution in [1.82, 2.24) is 5.32 Å². The monoisotopic (exact) mass is 371 g/mol. The Labute approximate surface area is 161 Å². The molecule has 0 spiro atoms. The van der Waals surface area contributed by atoms with Gasteiger partial charge in [-0.05, 0) is 62.9 Å². The molecule has 0 aliphatic heterocycles. The summed E-state index contributed by atoms with van der Waals surface area (Å²) in [6, 6.07) is 11.8. The van der Waals surface area contributed by atoms with Crippen LogP contribution in [0.2, 0.25) is 0 Å². The number of nitrogens with one attached hydrogen (secondary N) is 1. The first kappa shape index (κ1) is 20.6. The van der Waals surface area contributed by atoms with Crippen LogP contribution in [0.5, 0.6) is 17.2 Å². The number of hydrogen-bond acceptors (Lipinski definition) is 4. The van der Waals surface area contributed by atoms with Gasteiger partial charge in [-0.15, -0.1) is 0 Å². The van der Waals surface area contributed by atoms with E-state index in [4.69, 9.17) is 14.2 Å². The van der Waals surface area contributed by atoms with E-state index in [0.29, 0.717) is 12.3 Å². The van der Waals surface area contributed by atoms with E-state index in [1.807, 2.05) is 50.2 Å². The highest BCUT2D eigenvalue weighted by molar-refractivity contribution is 5.80. The van der Waals surface area contributed by atoms with Crippen LogP contribution in [0.3, 0.4) is 0 Å². The maximum atomic E-state index is 12.2. The molecule has 0 aromatic heterocycles. The van der Waals surface area contributed by atoms with E-state index < -0.39 is 6.10 Å². The minimum Gasteiger partial charge on any atom is -0.493 e. The number of carbonyl (C=O) groups is 1. The van der Waals surface area contributed by atoms with Crippen LogP contribution < -0.4 is 19.5 Å². The van der Waals surface area contributed by atoms with Crippen LogP contribution >= 0.6 is 0 Å². The fourth-order valence-corrected chi connectivity index (χ4v) is 2.86. The van der Waals surface area contributed by atoms with Crippen molar-refractivity contribution in [2.45, 2.75) is 39.7 Å². The Morgan fingerprint density at radius 2 is 1.70 bits per heavy atom. The van der Waals surface area contributed by atoms with E-state index in [1.54, 1.807) is 21.1 Å². The minimum absolute atomic E-state index is 0.109. The van der Waals surface area contributed by atoms with E-state index in [9.17, 15) is 4.79 Å². The predicted molar refractivity (Wildman–Crippen MR) is 107 cm³/mol. The number of ether oxygens (including phenoxy) is 3. The Bertz CT molecular complexity index is 773. The first-order valence-corrected chi connectivity index (χ1v) is 9.17. The fourth-order valence-electron chi connectivity index (χ4n) is 2.86. The van der Waals surface area contributed by atoms with E-state index >= 15 is 0 Å². The number of methoxy groups -OCH3 is 2. The van der Waals surface area contributed by atoms with Gasteiger partial charge < -0.3 is 19.5 Å². The molecule has 0 radical (unpaired) electrons. The Hall–Kier alpha value is -2.69. The van der Waals surface area contributed by atoms with Crippen molar-refractivity contribution in [3.05, 3.63) is 53.1 Å². The number of hydrogen-bond donors (Lipinski definition) is 1. The molecule has 0 saturated heterocycles. The van der Waals surface area contributed by atoms with Crippen molar-refractivity contribution in [1.29, 1.82) is 0 Å². The second-order valence-electron chi connectivity index (χ2n) is 6.61. The van der Waals surface area contributed by atoms with Crippen molar-refractivity contribution in [3.63, 3.8) is 0 Å². The molecule has 0 aliphatic rings. The largest absolute Gasteiger partial charge is 0.493 e. The topological polar surface area (TPSA) is 56.8 Å². The molecular formula is C22H29NO4. The maximum absolute atomic E-state index is 12.2. The summed E-state index contributed by atoms with van der Waals surface area (Å²) in [5.74, 6) is 2.07. The van der Waals surface area contributed by atoms with Crippen LogP contribution in [0.25, 0.3) is 0 Å². The summed E-state index contributed by atoms with van der Waals surface area (Å²) in [6.07, 6.45) is 1.14. The summed E-state index contributed by atoms with van der Waals surface area (Å²) in [5, 5.41) is 2.94. The van der Waals surface area contributed by atoms with Crippen LogP contribution in [-0.2, 0) is 11.2 Å². The van der Waals surface area contributed by atoms with Gasteiger partial charge in [0.25, 0.3) is 5.91 Å². The van der Waals surface area contributed by atoms with Gasteiger partial charge in [-0.2, -0.15) is 0 Å². The summed E-state index contributed by atoms with van der Waals surface area (Å²) in [5.41, 5.74) is 3.34. The number of amides is 1. The third kappa shape index (κ3) is 5.91. The summed E-state index contributed by atoms with van der Waals surface area (Å²) >= 11 is 0. The van der Waals surface area contributed by atoms with E-state index in [-0.39, 0.29) is 5.91 Å². The van der Waals surface area contributed by atoms with E-state index in [2.05, 4.69) is 5.32 Å². The highest BCUT2D eigenvalue weighted by Crippen LogP contribution is 2.27. The molecular weight excluding hydrogens is 342 g/mol. The van der Waals surface area contributed by atoms with Gasteiger partial charge in [0.1, 0.15) is 5.75 Å². The Balaban J connectivity index is 1.78. The number of benzene rings is 2. The Morgan fingerprint density at radius 1 is 1.00 bits per heavy atom. The number of aryl methyl sites for hydroxylation is 3. The van der Waals surface area contributed by atoms with Crippen molar-refractivity contribution in [2.24, 2.45) is 0 Å². The fraction of sp³-hybridized carbons (Fsp3) is 0.409. The average molecular weight is 371 g/mol. The zero-order chi connectivity index (χ0) is 19.8. The van der Waals surface area contributed by atoms with Gasteiger partial charge in [-0.3, -0.25) is 4.79 Å². The van der Waals surface area contributed by atoms with E-state index in [1.165, 1.54) is 5.56 Å². The van der Waals surface area contributed by atoms with Crippen molar-refractivity contribution >= 4 is 5.91 Å². The van der Waals surface area contributed by atoms with Gasteiger partial charge in [0, 0.05) is 6.54 Å². The third-order valence-corrected chi connectivity index (χ3v) is 4.39. The lowest BCUT2D eigenvalue weighted by atomic mass is 10.1. The molecule has 5 nitrogen and oxygen atoms in total.